The minimum Gasteiger partial charge on any atom is -0.451 e. The Morgan fingerprint density at radius 2 is 2.04 bits per heavy atom. The number of ether oxygens (including phenoxy) is 1. The van der Waals surface area contributed by atoms with Crippen molar-refractivity contribution in [2.24, 2.45) is 0 Å². The Labute approximate surface area is 150 Å². The average Bonchev–Trinajstić information content (AvgIpc) is 3.02. The summed E-state index contributed by atoms with van der Waals surface area (Å²) in [5.41, 5.74) is 1.46. The first kappa shape index (κ1) is 18.7. The van der Waals surface area contributed by atoms with E-state index in [9.17, 15) is 9.59 Å². The maximum absolute atomic E-state index is 12.0. The molecule has 0 radical (unpaired) electrons. The number of carbonyl (C=O) groups is 2. The first-order valence-electron chi connectivity index (χ1n) is 7.68. The van der Waals surface area contributed by atoms with Gasteiger partial charge >= 0.3 is 5.97 Å². The van der Waals surface area contributed by atoms with Crippen LogP contribution in [0.4, 0.5) is 11.5 Å². The van der Waals surface area contributed by atoms with E-state index in [1.54, 1.807) is 25.1 Å². The van der Waals surface area contributed by atoms with Crippen LogP contribution >= 0.6 is 0 Å². The molecule has 0 saturated carbocycles. The summed E-state index contributed by atoms with van der Waals surface area (Å²) in [6.07, 6.45) is 1.40. The highest BCUT2D eigenvalue weighted by atomic mass is 16.5. The maximum Gasteiger partial charge on any atom is 0.349 e. The number of anilines is 2. The summed E-state index contributed by atoms with van der Waals surface area (Å²) in [5, 5.41) is 15.2. The van der Waals surface area contributed by atoms with Crippen molar-refractivity contribution in [2.45, 2.75) is 6.92 Å². The van der Waals surface area contributed by atoms with Crippen LogP contribution in [0, 0.1) is 18.3 Å². The molecule has 2 rings (SSSR count). The molecule has 2 aromatic rings. The number of nitrogens with zero attached hydrogens (tertiary/aromatic N) is 3. The molecule has 0 saturated heterocycles. The molecule has 134 valence electrons. The molecule has 1 aromatic heterocycles. The number of hydrogen-bond acceptors (Lipinski definition) is 7. The van der Waals surface area contributed by atoms with E-state index in [2.05, 4.69) is 10.5 Å². The van der Waals surface area contributed by atoms with Crippen molar-refractivity contribution < 1.29 is 18.8 Å². The van der Waals surface area contributed by atoms with E-state index in [-0.39, 0.29) is 11.4 Å². The Hall–Kier alpha value is -3.60. The zero-order chi connectivity index (χ0) is 19.1. The summed E-state index contributed by atoms with van der Waals surface area (Å²) in [6.45, 7) is 1.14. The number of nitriles is 1. The Bertz CT molecular complexity index is 860. The zero-order valence-electron chi connectivity index (χ0n) is 14.6. The molecule has 8 nitrogen and oxygen atoms in total. The highest BCUT2D eigenvalue weighted by Crippen LogP contribution is 2.15. The molecule has 0 aliphatic heterocycles. The van der Waals surface area contributed by atoms with Gasteiger partial charge in [0.1, 0.15) is 17.4 Å². The van der Waals surface area contributed by atoms with Crippen molar-refractivity contribution in [3.63, 3.8) is 0 Å². The lowest BCUT2D eigenvalue weighted by Gasteiger charge is -2.11. The van der Waals surface area contributed by atoms with Crippen molar-refractivity contribution in [3.05, 3.63) is 47.2 Å². The number of amides is 1. The van der Waals surface area contributed by atoms with Gasteiger partial charge in [0.15, 0.2) is 12.4 Å². The average molecular weight is 354 g/mol. The minimum atomic E-state index is -0.879. The molecule has 0 bridgehead atoms. The molecule has 1 N–H and O–H groups in total. The summed E-state index contributed by atoms with van der Waals surface area (Å²) in [4.78, 5) is 25.6. The van der Waals surface area contributed by atoms with Gasteiger partial charge in [-0.05, 0) is 30.7 Å². The van der Waals surface area contributed by atoms with Gasteiger partial charge in [0.25, 0.3) is 5.91 Å². The Balaban J connectivity index is 1.95. The number of benzene rings is 1. The van der Waals surface area contributed by atoms with Crippen molar-refractivity contribution in [1.29, 1.82) is 5.26 Å². The number of nitrogens with one attached hydrogen (secondary N) is 1. The van der Waals surface area contributed by atoms with Gasteiger partial charge in [-0.3, -0.25) is 4.79 Å². The highest BCUT2D eigenvalue weighted by molar-refractivity contribution is 6.00. The largest absolute Gasteiger partial charge is 0.451 e. The molecule has 0 fully saturated rings. The number of esters is 1. The van der Waals surface area contributed by atoms with Gasteiger partial charge < -0.3 is 19.5 Å². The molecule has 26 heavy (non-hydrogen) atoms. The summed E-state index contributed by atoms with van der Waals surface area (Å²) >= 11 is 0. The molecule has 1 amide bonds. The number of carbonyl (C=O) groups excluding carboxylic acids is 2. The van der Waals surface area contributed by atoms with Gasteiger partial charge in [0.05, 0.1) is 0 Å². The third-order valence-corrected chi connectivity index (χ3v) is 3.29. The fourth-order valence-corrected chi connectivity index (χ4v) is 1.99. The van der Waals surface area contributed by atoms with Crippen molar-refractivity contribution in [2.75, 3.05) is 30.9 Å². The van der Waals surface area contributed by atoms with Crippen LogP contribution in [0.5, 0.6) is 0 Å². The standard InChI is InChI=1S/C18H18N4O4/c1-12-8-16(21-26-12)20-17(23)11-25-18(24)14(10-19)9-13-4-6-15(7-5-13)22(2)3/h4-9H,11H2,1-3H3,(H,20,21,23)/b14-9+. The molecule has 0 atom stereocenters. The van der Waals surface area contributed by atoms with Gasteiger partial charge in [0, 0.05) is 25.8 Å². The molecule has 0 unspecified atom stereocenters. The Kier molecular flexibility index (Phi) is 6.11. The lowest BCUT2D eigenvalue weighted by atomic mass is 10.1. The van der Waals surface area contributed by atoms with E-state index in [0.29, 0.717) is 11.3 Å². The van der Waals surface area contributed by atoms with Crippen LogP contribution in [0.3, 0.4) is 0 Å². The second-order valence-corrected chi connectivity index (χ2v) is 5.60. The number of aromatic nitrogens is 1. The predicted molar refractivity (Wildman–Crippen MR) is 95.2 cm³/mol. The molecule has 0 aliphatic rings. The monoisotopic (exact) mass is 354 g/mol. The smallest absolute Gasteiger partial charge is 0.349 e. The number of aryl methyl sites for hydroxylation is 1. The van der Waals surface area contributed by atoms with Crippen LogP contribution in [-0.2, 0) is 14.3 Å². The second-order valence-electron chi connectivity index (χ2n) is 5.60. The quantitative estimate of drug-likeness (QED) is 0.481. The normalized spacial score (nSPS) is 10.8. The van der Waals surface area contributed by atoms with Crippen LogP contribution in [0.1, 0.15) is 11.3 Å². The molecule has 1 aromatic carbocycles. The van der Waals surface area contributed by atoms with Crippen molar-refractivity contribution in [1.82, 2.24) is 5.16 Å². The maximum atomic E-state index is 12.0. The van der Waals surface area contributed by atoms with E-state index < -0.39 is 18.5 Å². The fraction of sp³-hybridized carbons (Fsp3) is 0.222. The summed E-state index contributed by atoms with van der Waals surface area (Å²) < 4.78 is 9.67. The number of rotatable bonds is 6. The molecule has 0 spiro atoms. The Morgan fingerprint density at radius 1 is 1.35 bits per heavy atom. The highest BCUT2D eigenvalue weighted by Gasteiger charge is 2.14. The molecular weight excluding hydrogens is 336 g/mol. The molecular formula is C18H18N4O4. The topological polar surface area (TPSA) is 108 Å². The van der Waals surface area contributed by atoms with Crippen LogP contribution in [0.15, 0.2) is 40.4 Å². The number of hydrogen-bond donors (Lipinski definition) is 1. The lowest BCUT2D eigenvalue weighted by molar-refractivity contribution is -0.142. The van der Waals surface area contributed by atoms with E-state index in [0.717, 1.165) is 5.69 Å². The van der Waals surface area contributed by atoms with Gasteiger partial charge in [-0.25, -0.2) is 4.79 Å². The fourth-order valence-electron chi connectivity index (χ4n) is 1.99. The third kappa shape index (κ3) is 5.21. The van der Waals surface area contributed by atoms with Gasteiger partial charge in [0.2, 0.25) is 0 Å². The van der Waals surface area contributed by atoms with E-state index in [1.807, 2.05) is 31.1 Å². The second kappa shape index (κ2) is 8.48. The summed E-state index contributed by atoms with van der Waals surface area (Å²) in [5.74, 6) is -0.706. The zero-order valence-corrected chi connectivity index (χ0v) is 14.6. The first-order valence-corrected chi connectivity index (χ1v) is 7.68. The summed E-state index contributed by atoms with van der Waals surface area (Å²) in [6, 6.07) is 10.6. The summed E-state index contributed by atoms with van der Waals surface area (Å²) in [7, 11) is 3.82. The van der Waals surface area contributed by atoms with Gasteiger partial charge in [-0.2, -0.15) is 5.26 Å². The Morgan fingerprint density at radius 3 is 2.58 bits per heavy atom. The van der Waals surface area contributed by atoms with E-state index in [4.69, 9.17) is 14.5 Å². The molecule has 8 heteroatoms. The predicted octanol–water partition coefficient (Wildman–Crippen LogP) is 2.14. The SMILES string of the molecule is Cc1cc(NC(=O)COC(=O)/C(C#N)=C/c2ccc(N(C)C)cc2)no1. The van der Waals surface area contributed by atoms with Gasteiger partial charge in [-0.15, -0.1) is 0 Å². The van der Waals surface area contributed by atoms with Crippen LogP contribution < -0.4 is 10.2 Å². The molecule has 0 aliphatic carbocycles. The van der Waals surface area contributed by atoms with Crippen molar-refractivity contribution in [3.8, 4) is 6.07 Å². The lowest BCUT2D eigenvalue weighted by Crippen LogP contribution is -2.21. The van der Waals surface area contributed by atoms with Gasteiger partial charge in [-0.1, -0.05) is 17.3 Å². The molecule has 1 heterocycles. The first-order chi connectivity index (χ1) is 12.4. The van der Waals surface area contributed by atoms with Crippen LogP contribution in [0.25, 0.3) is 6.08 Å². The van der Waals surface area contributed by atoms with Crippen molar-refractivity contribution >= 4 is 29.5 Å². The minimum absolute atomic E-state index is 0.201. The van der Waals surface area contributed by atoms with Crippen LogP contribution in [-0.4, -0.2) is 37.7 Å². The van der Waals surface area contributed by atoms with E-state index in [1.165, 1.54) is 12.1 Å². The van der Waals surface area contributed by atoms with Crippen LogP contribution in [0.2, 0.25) is 0 Å². The van der Waals surface area contributed by atoms with E-state index >= 15 is 0 Å². The third-order valence-electron chi connectivity index (χ3n) is 3.29.